The van der Waals surface area contributed by atoms with Gasteiger partial charge in [-0.05, 0) is 36.2 Å². The molecule has 0 spiro atoms. The summed E-state index contributed by atoms with van der Waals surface area (Å²) < 4.78 is 25.2. The van der Waals surface area contributed by atoms with Crippen LogP contribution in [0.5, 0.6) is 0 Å². The molecule has 1 aliphatic heterocycles. The minimum Gasteiger partial charge on any atom is -0.310 e. The molecule has 1 aromatic carbocycles. The molecule has 0 aromatic heterocycles. The van der Waals surface area contributed by atoms with E-state index in [4.69, 9.17) is 0 Å². The Morgan fingerprint density at radius 3 is 3.00 bits per heavy atom. The molecule has 2 nitrogen and oxygen atoms in total. The van der Waals surface area contributed by atoms with E-state index >= 15 is 0 Å². The molecule has 0 fully saturated rings. The SMILES string of the molecule is CCNC1c2cc(F)ccc2S(=O)CC1C. The van der Waals surface area contributed by atoms with Crippen molar-refractivity contribution in [1.29, 1.82) is 0 Å². The van der Waals surface area contributed by atoms with Gasteiger partial charge in [0.2, 0.25) is 0 Å². The molecular formula is C12H16FNOS. The molecule has 1 heterocycles. The van der Waals surface area contributed by atoms with Crippen LogP contribution in [0.15, 0.2) is 23.1 Å². The Hall–Kier alpha value is -0.740. The van der Waals surface area contributed by atoms with Crippen LogP contribution in [0.4, 0.5) is 4.39 Å². The molecule has 1 aliphatic rings. The number of rotatable bonds is 2. The van der Waals surface area contributed by atoms with Gasteiger partial charge in [-0.2, -0.15) is 0 Å². The summed E-state index contributed by atoms with van der Waals surface area (Å²) in [5, 5.41) is 3.34. The Morgan fingerprint density at radius 2 is 2.31 bits per heavy atom. The number of hydrogen-bond donors (Lipinski definition) is 1. The number of nitrogens with one attached hydrogen (secondary N) is 1. The van der Waals surface area contributed by atoms with Gasteiger partial charge in [0.1, 0.15) is 5.82 Å². The van der Waals surface area contributed by atoms with Crippen molar-refractivity contribution in [3.63, 3.8) is 0 Å². The van der Waals surface area contributed by atoms with E-state index in [0.29, 0.717) is 5.75 Å². The van der Waals surface area contributed by atoms with Crippen molar-refractivity contribution in [2.45, 2.75) is 24.8 Å². The lowest BCUT2D eigenvalue weighted by atomic mass is 9.95. The molecule has 88 valence electrons. The molecule has 3 unspecified atom stereocenters. The Bertz CT molecular complexity index is 421. The lowest BCUT2D eigenvalue weighted by Gasteiger charge is -2.31. The molecule has 1 N–H and O–H groups in total. The summed E-state index contributed by atoms with van der Waals surface area (Å²) in [5.74, 6) is 0.666. The van der Waals surface area contributed by atoms with Crippen LogP contribution in [0.2, 0.25) is 0 Å². The Kier molecular flexibility index (Phi) is 3.40. The van der Waals surface area contributed by atoms with Gasteiger partial charge in [0, 0.05) is 16.7 Å². The Balaban J connectivity index is 2.47. The molecule has 0 radical (unpaired) electrons. The summed E-state index contributed by atoms with van der Waals surface area (Å²) in [5.41, 5.74) is 0.860. The van der Waals surface area contributed by atoms with E-state index < -0.39 is 10.8 Å². The summed E-state index contributed by atoms with van der Waals surface area (Å²) in [4.78, 5) is 0.783. The van der Waals surface area contributed by atoms with Crippen LogP contribution in [0.25, 0.3) is 0 Å². The standard InChI is InChI=1S/C12H16FNOS/c1-3-14-12-8(2)7-16(15)11-5-4-9(13)6-10(11)12/h4-6,8,12,14H,3,7H2,1-2H3. The van der Waals surface area contributed by atoms with E-state index in [1.54, 1.807) is 6.07 Å². The van der Waals surface area contributed by atoms with E-state index in [0.717, 1.165) is 17.0 Å². The Morgan fingerprint density at radius 1 is 1.56 bits per heavy atom. The summed E-state index contributed by atoms with van der Waals surface area (Å²) in [6.45, 7) is 4.91. The second kappa shape index (κ2) is 4.63. The van der Waals surface area contributed by atoms with Gasteiger partial charge in [-0.15, -0.1) is 0 Å². The van der Waals surface area contributed by atoms with Gasteiger partial charge in [-0.3, -0.25) is 4.21 Å². The summed E-state index contributed by atoms with van der Waals surface area (Å²) in [6.07, 6.45) is 0. The van der Waals surface area contributed by atoms with E-state index in [9.17, 15) is 8.60 Å². The molecule has 0 bridgehead atoms. The molecule has 0 saturated carbocycles. The van der Waals surface area contributed by atoms with Gasteiger partial charge in [0.25, 0.3) is 0 Å². The highest BCUT2D eigenvalue weighted by Gasteiger charge is 2.30. The van der Waals surface area contributed by atoms with E-state index in [1.807, 2.05) is 6.92 Å². The van der Waals surface area contributed by atoms with Crippen molar-refractivity contribution in [2.75, 3.05) is 12.3 Å². The van der Waals surface area contributed by atoms with Crippen LogP contribution in [-0.2, 0) is 10.8 Å². The van der Waals surface area contributed by atoms with E-state index in [2.05, 4.69) is 12.2 Å². The van der Waals surface area contributed by atoms with Crippen LogP contribution in [0.1, 0.15) is 25.5 Å². The molecule has 2 rings (SSSR count). The quantitative estimate of drug-likeness (QED) is 0.860. The second-order valence-electron chi connectivity index (χ2n) is 4.21. The van der Waals surface area contributed by atoms with Gasteiger partial charge >= 0.3 is 0 Å². The third-order valence-electron chi connectivity index (χ3n) is 2.96. The fourth-order valence-corrected chi connectivity index (χ4v) is 3.75. The predicted octanol–water partition coefficient (Wildman–Crippen LogP) is 2.23. The summed E-state index contributed by atoms with van der Waals surface area (Å²) in [7, 11) is -0.984. The van der Waals surface area contributed by atoms with Crippen LogP contribution in [-0.4, -0.2) is 16.5 Å². The van der Waals surface area contributed by atoms with Crippen LogP contribution in [0, 0.1) is 11.7 Å². The molecule has 0 aliphatic carbocycles. The topological polar surface area (TPSA) is 29.1 Å². The van der Waals surface area contributed by atoms with E-state index in [1.165, 1.54) is 12.1 Å². The maximum Gasteiger partial charge on any atom is 0.123 e. The first kappa shape index (κ1) is 11.7. The maximum absolute atomic E-state index is 13.2. The van der Waals surface area contributed by atoms with Crippen molar-refractivity contribution < 1.29 is 8.60 Å². The Labute approximate surface area is 97.7 Å². The fraction of sp³-hybridized carbons (Fsp3) is 0.500. The third kappa shape index (κ3) is 2.04. The molecule has 16 heavy (non-hydrogen) atoms. The number of hydrogen-bond acceptors (Lipinski definition) is 2. The van der Waals surface area contributed by atoms with Gasteiger partial charge in [0.15, 0.2) is 0 Å². The molecule has 0 amide bonds. The zero-order chi connectivity index (χ0) is 11.7. The zero-order valence-electron chi connectivity index (χ0n) is 9.50. The summed E-state index contributed by atoms with van der Waals surface area (Å²) in [6, 6.07) is 4.66. The molecule has 1 aromatic rings. The van der Waals surface area contributed by atoms with Gasteiger partial charge < -0.3 is 5.32 Å². The van der Waals surface area contributed by atoms with Crippen LogP contribution in [0.3, 0.4) is 0 Å². The van der Waals surface area contributed by atoms with Crippen molar-refractivity contribution in [3.05, 3.63) is 29.6 Å². The van der Waals surface area contributed by atoms with Crippen molar-refractivity contribution in [1.82, 2.24) is 5.32 Å². The largest absolute Gasteiger partial charge is 0.310 e. The number of benzene rings is 1. The van der Waals surface area contributed by atoms with E-state index in [-0.39, 0.29) is 17.8 Å². The second-order valence-corrected chi connectivity index (χ2v) is 5.67. The van der Waals surface area contributed by atoms with Crippen molar-refractivity contribution in [3.8, 4) is 0 Å². The first-order chi connectivity index (χ1) is 7.63. The lowest BCUT2D eigenvalue weighted by molar-refractivity contribution is 0.409. The molecule has 4 heteroatoms. The zero-order valence-corrected chi connectivity index (χ0v) is 10.3. The highest BCUT2D eigenvalue weighted by Crippen LogP contribution is 2.34. The number of halogens is 1. The van der Waals surface area contributed by atoms with Gasteiger partial charge in [0.05, 0.1) is 10.8 Å². The molecular weight excluding hydrogens is 225 g/mol. The maximum atomic E-state index is 13.2. The van der Waals surface area contributed by atoms with Crippen molar-refractivity contribution in [2.24, 2.45) is 5.92 Å². The minimum atomic E-state index is -0.984. The first-order valence-electron chi connectivity index (χ1n) is 5.54. The minimum absolute atomic E-state index is 0.119. The molecule has 0 saturated heterocycles. The summed E-state index contributed by atoms with van der Waals surface area (Å²) >= 11 is 0. The third-order valence-corrected chi connectivity index (χ3v) is 4.65. The highest BCUT2D eigenvalue weighted by atomic mass is 32.2. The van der Waals surface area contributed by atoms with Gasteiger partial charge in [-0.25, -0.2) is 4.39 Å². The number of fused-ring (bicyclic) bond motifs is 1. The van der Waals surface area contributed by atoms with Crippen LogP contribution < -0.4 is 5.32 Å². The van der Waals surface area contributed by atoms with Gasteiger partial charge in [-0.1, -0.05) is 13.8 Å². The highest BCUT2D eigenvalue weighted by molar-refractivity contribution is 7.85. The average molecular weight is 241 g/mol. The van der Waals surface area contributed by atoms with Crippen molar-refractivity contribution >= 4 is 10.8 Å². The smallest absolute Gasteiger partial charge is 0.123 e. The monoisotopic (exact) mass is 241 g/mol. The lowest BCUT2D eigenvalue weighted by Crippen LogP contribution is -2.34. The fourth-order valence-electron chi connectivity index (χ4n) is 2.23. The average Bonchev–Trinajstić information content (AvgIpc) is 2.23. The normalized spacial score (nSPS) is 28.8. The van der Waals surface area contributed by atoms with Crippen LogP contribution >= 0.6 is 0 Å². The molecule has 3 atom stereocenters. The first-order valence-corrected chi connectivity index (χ1v) is 6.86. The predicted molar refractivity (Wildman–Crippen MR) is 63.3 cm³/mol.